The molecule has 2 rings (SSSR count). The van der Waals surface area contributed by atoms with Crippen LogP contribution in [0.1, 0.15) is 29.4 Å². The Morgan fingerprint density at radius 2 is 2.33 bits per heavy atom. The van der Waals surface area contributed by atoms with Crippen molar-refractivity contribution in [2.75, 3.05) is 31.3 Å². The van der Waals surface area contributed by atoms with Crippen molar-refractivity contribution >= 4 is 28.2 Å². The predicted octanol–water partition coefficient (Wildman–Crippen LogP) is 1.07. The predicted molar refractivity (Wildman–Crippen MR) is 72.0 cm³/mol. The van der Waals surface area contributed by atoms with Crippen LogP contribution in [0.25, 0.3) is 0 Å². The summed E-state index contributed by atoms with van der Waals surface area (Å²) in [5, 5.41) is 6.68. The Morgan fingerprint density at radius 3 is 2.94 bits per heavy atom. The van der Waals surface area contributed by atoms with E-state index in [1.54, 1.807) is 7.11 Å². The molecule has 7 heteroatoms. The number of aromatic nitrogens is 1. The number of carbonyl (C=O) groups excluding carboxylic acids is 1. The van der Waals surface area contributed by atoms with Crippen LogP contribution >= 0.6 is 11.3 Å². The van der Waals surface area contributed by atoms with Gasteiger partial charge in [-0.25, -0.2) is 4.98 Å². The fourth-order valence-corrected chi connectivity index (χ4v) is 2.28. The van der Waals surface area contributed by atoms with Gasteiger partial charge in [-0.2, -0.15) is 0 Å². The van der Waals surface area contributed by atoms with E-state index in [9.17, 15) is 4.79 Å². The summed E-state index contributed by atoms with van der Waals surface area (Å²) in [7, 11) is 1.63. The maximum Gasteiger partial charge on any atom is 0.265 e. The van der Waals surface area contributed by atoms with Crippen LogP contribution in [0.5, 0.6) is 0 Å². The fourth-order valence-electron chi connectivity index (χ4n) is 1.47. The average molecular weight is 270 g/mol. The fraction of sp³-hybridized carbons (Fsp3) is 0.636. The van der Waals surface area contributed by atoms with Crippen LogP contribution in [0.2, 0.25) is 0 Å². The molecule has 1 fully saturated rings. The van der Waals surface area contributed by atoms with Crippen molar-refractivity contribution in [2.45, 2.75) is 25.3 Å². The number of amides is 1. The van der Waals surface area contributed by atoms with E-state index in [1.165, 1.54) is 11.3 Å². The van der Waals surface area contributed by atoms with Gasteiger partial charge < -0.3 is 21.1 Å². The van der Waals surface area contributed by atoms with E-state index in [4.69, 9.17) is 10.5 Å². The summed E-state index contributed by atoms with van der Waals surface area (Å²) in [5.74, 6) is 0.145. The highest BCUT2D eigenvalue weighted by Crippen LogP contribution is 2.35. The summed E-state index contributed by atoms with van der Waals surface area (Å²) in [5.41, 5.74) is 5.71. The quantitative estimate of drug-likeness (QED) is 0.673. The molecule has 0 bridgehead atoms. The van der Waals surface area contributed by atoms with E-state index in [-0.39, 0.29) is 17.3 Å². The van der Waals surface area contributed by atoms with E-state index in [0.29, 0.717) is 23.2 Å². The van der Waals surface area contributed by atoms with Gasteiger partial charge in [0.25, 0.3) is 5.91 Å². The summed E-state index contributed by atoms with van der Waals surface area (Å²) >= 11 is 1.27. The normalized spacial score (nSPS) is 16.3. The molecule has 1 aliphatic rings. The van der Waals surface area contributed by atoms with Crippen LogP contribution in [0.3, 0.4) is 0 Å². The lowest BCUT2D eigenvalue weighted by atomic mass is 10.3. The minimum absolute atomic E-state index is 0.0445. The van der Waals surface area contributed by atoms with Gasteiger partial charge in [0.05, 0.1) is 6.61 Å². The largest absolute Gasteiger partial charge is 0.383 e. The molecule has 6 nitrogen and oxygen atoms in total. The zero-order valence-electron chi connectivity index (χ0n) is 10.6. The molecule has 1 aromatic rings. The van der Waals surface area contributed by atoms with Crippen molar-refractivity contribution in [3.05, 3.63) is 4.88 Å². The van der Waals surface area contributed by atoms with Crippen LogP contribution < -0.4 is 16.4 Å². The SMILES string of the molecule is COCCNc1nc(N)c(C(=O)NC2(C)CC2)s1. The molecule has 0 aromatic carbocycles. The van der Waals surface area contributed by atoms with E-state index in [2.05, 4.69) is 15.6 Å². The maximum absolute atomic E-state index is 12.0. The van der Waals surface area contributed by atoms with Crippen LogP contribution in [-0.4, -0.2) is 36.7 Å². The molecule has 18 heavy (non-hydrogen) atoms. The van der Waals surface area contributed by atoms with Gasteiger partial charge in [-0.05, 0) is 19.8 Å². The van der Waals surface area contributed by atoms with E-state index >= 15 is 0 Å². The maximum atomic E-state index is 12.0. The number of nitrogens with one attached hydrogen (secondary N) is 2. The highest BCUT2D eigenvalue weighted by molar-refractivity contribution is 7.18. The zero-order chi connectivity index (χ0) is 13.2. The number of rotatable bonds is 6. The van der Waals surface area contributed by atoms with Gasteiger partial charge in [-0.15, -0.1) is 0 Å². The van der Waals surface area contributed by atoms with Crippen molar-refractivity contribution in [3.63, 3.8) is 0 Å². The molecule has 4 N–H and O–H groups in total. The van der Waals surface area contributed by atoms with Crippen LogP contribution in [-0.2, 0) is 4.74 Å². The highest BCUT2D eigenvalue weighted by Gasteiger charge is 2.39. The van der Waals surface area contributed by atoms with Gasteiger partial charge in [-0.3, -0.25) is 4.79 Å². The smallest absolute Gasteiger partial charge is 0.265 e. The number of ether oxygens (including phenoxy) is 1. The third-order valence-corrected chi connectivity index (χ3v) is 3.88. The zero-order valence-corrected chi connectivity index (χ0v) is 11.4. The summed E-state index contributed by atoms with van der Waals surface area (Å²) in [4.78, 5) is 16.6. The first kappa shape index (κ1) is 13.1. The molecule has 0 saturated heterocycles. The Bertz CT molecular complexity index is 442. The molecule has 100 valence electrons. The van der Waals surface area contributed by atoms with Crippen LogP contribution in [0.4, 0.5) is 10.9 Å². The number of hydrogen-bond acceptors (Lipinski definition) is 6. The second-order valence-corrected chi connectivity index (χ2v) is 5.67. The monoisotopic (exact) mass is 270 g/mol. The first-order valence-electron chi connectivity index (χ1n) is 5.86. The Morgan fingerprint density at radius 1 is 1.61 bits per heavy atom. The summed E-state index contributed by atoms with van der Waals surface area (Å²) < 4.78 is 4.93. The van der Waals surface area contributed by atoms with Crippen LogP contribution in [0.15, 0.2) is 0 Å². The topological polar surface area (TPSA) is 89.3 Å². The molecular weight excluding hydrogens is 252 g/mol. The van der Waals surface area contributed by atoms with Crippen molar-refractivity contribution in [1.82, 2.24) is 10.3 Å². The van der Waals surface area contributed by atoms with Crippen molar-refractivity contribution in [1.29, 1.82) is 0 Å². The van der Waals surface area contributed by atoms with Crippen LogP contribution in [0, 0.1) is 0 Å². The Balaban J connectivity index is 1.97. The number of nitrogens with two attached hydrogens (primary N) is 1. The summed E-state index contributed by atoms with van der Waals surface area (Å²) in [6.45, 7) is 3.25. The Labute approximate surface area is 110 Å². The van der Waals surface area contributed by atoms with Gasteiger partial charge >= 0.3 is 0 Å². The first-order valence-corrected chi connectivity index (χ1v) is 6.67. The molecule has 1 saturated carbocycles. The lowest BCUT2D eigenvalue weighted by Crippen LogP contribution is -2.34. The molecule has 1 aliphatic carbocycles. The third kappa shape index (κ3) is 3.11. The van der Waals surface area contributed by atoms with Gasteiger partial charge in [0.1, 0.15) is 10.7 Å². The average Bonchev–Trinajstić information content (AvgIpc) is 2.90. The lowest BCUT2D eigenvalue weighted by Gasteiger charge is -2.09. The molecular formula is C11H18N4O2S. The van der Waals surface area contributed by atoms with Gasteiger partial charge in [-0.1, -0.05) is 11.3 Å². The number of thiazole rings is 1. The minimum Gasteiger partial charge on any atom is -0.383 e. The number of anilines is 2. The van der Waals surface area contributed by atoms with Gasteiger partial charge in [0.2, 0.25) is 0 Å². The van der Waals surface area contributed by atoms with Gasteiger partial charge in [0.15, 0.2) is 5.13 Å². The number of nitrogen functional groups attached to an aromatic ring is 1. The van der Waals surface area contributed by atoms with Crippen molar-refractivity contribution < 1.29 is 9.53 Å². The number of carbonyl (C=O) groups is 1. The van der Waals surface area contributed by atoms with E-state index in [1.807, 2.05) is 6.92 Å². The molecule has 0 atom stereocenters. The minimum atomic E-state index is -0.134. The third-order valence-electron chi connectivity index (χ3n) is 2.86. The molecule has 0 spiro atoms. The highest BCUT2D eigenvalue weighted by atomic mass is 32.1. The molecule has 1 heterocycles. The summed E-state index contributed by atoms with van der Waals surface area (Å²) in [6, 6.07) is 0. The van der Waals surface area contributed by atoms with Crippen molar-refractivity contribution in [2.24, 2.45) is 0 Å². The first-order chi connectivity index (χ1) is 8.54. The molecule has 0 aliphatic heterocycles. The van der Waals surface area contributed by atoms with E-state index in [0.717, 1.165) is 12.8 Å². The lowest BCUT2D eigenvalue weighted by molar-refractivity contribution is 0.0940. The molecule has 0 unspecified atom stereocenters. The van der Waals surface area contributed by atoms with E-state index < -0.39 is 0 Å². The number of hydrogen-bond donors (Lipinski definition) is 3. The molecule has 1 amide bonds. The Hall–Kier alpha value is -1.34. The standard InChI is InChI=1S/C11H18N4O2S/c1-11(3-4-11)15-9(16)7-8(12)14-10(18-7)13-5-6-17-2/h3-6,12H2,1-2H3,(H,13,14)(H,15,16). The number of methoxy groups -OCH3 is 1. The molecule has 0 radical (unpaired) electrons. The van der Waals surface area contributed by atoms with Crippen molar-refractivity contribution in [3.8, 4) is 0 Å². The second-order valence-electron chi connectivity index (χ2n) is 4.67. The number of nitrogens with zero attached hydrogens (tertiary/aromatic N) is 1. The molecule has 1 aromatic heterocycles. The van der Waals surface area contributed by atoms with Gasteiger partial charge in [0, 0.05) is 19.2 Å². The second kappa shape index (κ2) is 5.11. The Kier molecular flexibility index (Phi) is 3.72. The summed E-state index contributed by atoms with van der Waals surface area (Å²) in [6.07, 6.45) is 2.05.